The number of carbonyl (C=O) groups excluding carboxylic acids is 3. The van der Waals surface area contributed by atoms with E-state index in [1.165, 1.54) is 0 Å². The van der Waals surface area contributed by atoms with Crippen molar-refractivity contribution in [3.63, 3.8) is 0 Å². The van der Waals surface area contributed by atoms with E-state index in [9.17, 15) is 14.4 Å². The Hall–Kier alpha value is -2.57. The summed E-state index contributed by atoms with van der Waals surface area (Å²) in [4.78, 5) is 41.7. The van der Waals surface area contributed by atoms with Gasteiger partial charge in [0.2, 0.25) is 17.7 Å². The van der Waals surface area contributed by atoms with Crippen LogP contribution in [0, 0.1) is 18.8 Å². The molecule has 4 rings (SSSR count). The van der Waals surface area contributed by atoms with E-state index in [1.54, 1.807) is 28.0 Å². The zero-order valence-electron chi connectivity index (χ0n) is 17.8. The first-order valence-electron chi connectivity index (χ1n) is 10.7. The predicted molar refractivity (Wildman–Crippen MR) is 126 cm³/mol. The quantitative estimate of drug-likeness (QED) is 0.708. The van der Waals surface area contributed by atoms with E-state index in [2.05, 4.69) is 5.32 Å². The first kappa shape index (κ1) is 22.6. The molecule has 2 heterocycles. The number of amides is 3. The normalized spacial score (nSPS) is 19.3. The molecule has 0 bridgehead atoms. The summed E-state index contributed by atoms with van der Waals surface area (Å²) in [7, 11) is 0. The van der Waals surface area contributed by atoms with Crippen molar-refractivity contribution in [1.82, 2.24) is 4.90 Å². The van der Waals surface area contributed by atoms with Crippen LogP contribution in [-0.2, 0) is 14.4 Å². The van der Waals surface area contributed by atoms with Crippen molar-refractivity contribution >= 4 is 52.3 Å². The number of carbonyl (C=O) groups is 3. The highest BCUT2D eigenvalue weighted by Gasteiger charge is 2.38. The fraction of sp³-hybridized carbons (Fsp3) is 0.375. The summed E-state index contributed by atoms with van der Waals surface area (Å²) in [6.45, 7) is 3.38. The number of nitrogens with zero attached hydrogens (tertiary/aromatic N) is 2. The van der Waals surface area contributed by atoms with Crippen LogP contribution in [0.4, 0.5) is 11.4 Å². The Kier molecular flexibility index (Phi) is 6.72. The van der Waals surface area contributed by atoms with Gasteiger partial charge in [-0.25, -0.2) is 0 Å². The van der Waals surface area contributed by atoms with Crippen LogP contribution in [0.15, 0.2) is 42.5 Å². The van der Waals surface area contributed by atoms with Gasteiger partial charge in [-0.15, -0.1) is 0 Å². The fourth-order valence-electron chi connectivity index (χ4n) is 4.30. The molecule has 168 valence electrons. The molecule has 1 N–H and O–H groups in total. The van der Waals surface area contributed by atoms with Crippen LogP contribution in [0.5, 0.6) is 0 Å². The second-order valence-electron chi connectivity index (χ2n) is 8.45. The third-order valence-electron chi connectivity index (χ3n) is 6.18. The molecule has 2 aromatic rings. The number of likely N-dealkylation sites (tertiary alicyclic amines) is 1. The minimum absolute atomic E-state index is 0.00953. The molecule has 0 unspecified atom stereocenters. The maximum Gasteiger partial charge on any atom is 0.228 e. The van der Waals surface area contributed by atoms with Gasteiger partial charge in [-0.05, 0) is 50.1 Å². The molecule has 1 atom stereocenters. The van der Waals surface area contributed by atoms with E-state index in [4.69, 9.17) is 23.2 Å². The highest BCUT2D eigenvalue weighted by atomic mass is 35.5. The second kappa shape index (κ2) is 9.51. The van der Waals surface area contributed by atoms with Crippen LogP contribution in [0.2, 0.25) is 10.0 Å². The van der Waals surface area contributed by atoms with Gasteiger partial charge in [-0.2, -0.15) is 0 Å². The molecule has 0 aliphatic carbocycles. The van der Waals surface area contributed by atoms with Crippen molar-refractivity contribution in [2.24, 2.45) is 11.8 Å². The summed E-state index contributed by atoms with van der Waals surface area (Å²) >= 11 is 12.1. The monoisotopic (exact) mass is 473 g/mol. The third kappa shape index (κ3) is 4.92. The van der Waals surface area contributed by atoms with E-state index in [0.717, 1.165) is 11.3 Å². The van der Waals surface area contributed by atoms with Crippen molar-refractivity contribution < 1.29 is 14.4 Å². The summed E-state index contributed by atoms with van der Waals surface area (Å²) in [5.74, 6) is -0.713. The molecule has 2 aliphatic rings. The summed E-state index contributed by atoms with van der Waals surface area (Å²) < 4.78 is 0. The van der Waals surface area contributed by atoms with Crippen LogP contribution in [0.1, 0.15) is 24.8 Å². The van der Waals surface area contributed by atoms with Gasteiger partial charge in [0, 0.05) is 42.7 Å². The number of hydrogen-bond donors (Lipinski definition) is 1. The molecule has 2 fully saturated rings. The van der Waals surface area contributed by atoms with Crippen LogP contribution in [0.3, 0.4) is 0 Å². The lowest BCUT2D eigenvalue weighted by Gasteiger charge is -2.33. The molecule has 2 aliphatic heterocycles. The van der Waals surface area contributed by atoms with Crippen LogP contribution in [-0.4, -0.2) is 42.3 Å². The van der Waals surface area contributed by atoms with E-state index < -0.39 is 0 Å². The number of aryl methyl sites for hydroxylation is 1. The Bertz CT molecular complexity index is 1030. The number of piperidine rings is 1. The van der Waals surface area contributed by atoms with E-state index >= 15 is 0 Å². The number of benzene rings is 2. The van der Waals surface area contributed by atoms with Crippen molar-refractivity contribution in [1.29, 1.82) is 0 Å². The van der Waals surface area contributed by atoms with Gasteiger partial charge in [-0.3, -0.25) is 14.4 Å². The largest absolute Gasteiger partial charge is 0.342 e. The van der Waals surface area contributed by atoms with E-state index in [0.29, 0.717) is 48.2 Å². The van der Waals surface area contributed by atoms with Gasteiger partial charge < -0.3 is 15.1 Å². The Morgan fingerprint density at radius 3 is 2.38 bits per heavy atom. The summed E-state index contributed by atoms with van der Waals surface area (Å²) in [5, 5.41) is 3.77. The third-order valence-corrected chi connectivity index (χ3v) is 6.75. The second-order valence-corrected chi connectivity index (χ2v) is 9.30. The van der Waals surface area contributed by atoms with Crippen LogP contribution >= 0.6 is 23.2 Å². The summed E-state index contributed by atoms with van der Waals surface area (Å²) in [5.41, 5.74) is 2.44. The fourth-order valence-corrected chi connectivity index (χ4v) is 4.63. The Labute approximate surface area is 197 Å². The van der Waals surface area contributed by atoms with Crippen LogP contribution in [0.25, 0.3) is 0 Å². The number of nitrogens with one attached hydrogen (secondary N) is 1. The van der Waals surface area contributed by atoms with Crippen molar-refractivity contribution in [2.75, 3.05) is 29.9 Å². The lowest BCUT2D eigenvalue weighted by Crippen LogP contribution is -2.44. The first-order valence-corrected chi connectivity index (χ1v) is 11.5. The molecule has 0 radical (unpaired) electrons. The molecule has 2 aromatic carbocycles. The number of anilines is 2. The zero-order chi connectivity index (χ0) is 22.8. The summed E-state index contributed by atoms with van der Waals surface area (Å²) in [6, 6.07) is 12.7. The standard InChI is InChI=1S/C24H25Cl2N3O3/c1-15-2-5-19(6-3-15)29-14-17(12-22(29)30)24(32)28-10-8-16(9-11-28)23(31)27-21-13-18(25)4-7-20(21)26/h2-7,13,16-17H,8-12,14H2,1H3,(H,27,31)/t17-/m1/s1. The summed E-state index contributed by atoms with van der Waals surface area (Å²) in [6.07, 6.45) is 1.36. The van der Waals surface area contributed by atoms with Gasteiger partial charge in [-0.1, -0.05) is 40.9 Å². The Morgan fingerprint density at radius 1 is 1.00 bits per heavy atom. The Balaban J connectivity index is 1.31. The average molecular weight is 474 g/mol. The predicted octanol–water partition coefficient (Wildman–Crippen LogP) is 4.53. The highest BCUT2D eigenvalue weighted by Crippen LogP contribution is 2.30. The van der Waals surface area contributed by atoms with Gasteiger partial charge in [0.25, 0.3) is 0 Å². The minimum atomic E-state index is -0.348. The van der Waals surface area contributed by atoms with Crippen molar-refractivity contribution in [3.05, 3.63) is 58.1 Å². The molecular formula is C24H25Cl2N3O3. The average Bonchev–Trinajstić information content (AvgIpc) is 3.18. The maximum absolute atomic E-state index is 13.0. The van der Waals surface area contributed by atoms with Gasteiger partial charge in [0.05, 0.1) is 16.6 Å². The molecule has 2 saturated heterocycles. The smallest absolute Gasteiger partial charge is 0.228 e. The van der Waals surface area contributed by atoms with Crippen molar-refractivity contribution in [2.45, 2.75) is 26.2 Å². The van der Waals surface area contributed by atoms with E-state index in [-0.39, 0.29) is 36.0 Å². The lowest BCUT2D eigenvalue weighted by molar-refractivity contribution is -0.138. The minimum Gasteiger partial charge on any atom is -0.342 e. The molecule has 0 spiro atoms. The van der Waals surface area contributed by atoms with Crippen LogP contribution < -0.4 is 10.2 Å². The molecule has 6 nitrogen and oxygen atoms in total. The number of rotatable bonds is 4. The number of halogens is 2. The van der Waals surface area contributed by atoms with Gasteiger partial charge >= 0.3 is 0 Å². The molecule has 32 heavy (non-hydrogen) atoms. The number of hydrogen-bond acceptors (Lipinski definition) is 3. The van der Waals surface area contributed by atoms with Crippen molar-refractivity contribution in [3.8, 4) is 0 Å². The molecular weight excluding hydrogens is 449 g/mol. The highest BCUT2D eigenvalue weighted by molar-refractivity contribution is 6.35. The lowest BCUT2D eigenvalue weighted by atomic mass is 9.94. The van der Waals surface area contributed by atoms with E-state index in [1.807, 2.05) is 31.2 Å². The molecule has 8 heteroatoms. The SMILES string of the molecule is Cc1ccc(N2C[C@H](C(=O)N3CCC(C(=O)Nc4cc(Cl)ccc4Cl)CC3)CC2=O)cc1. The molecule has 0 saturated carbocycles. The topological polar surface area (TPSA) is 69.7 Å². The van der Waals surface area contributed by atoms with Gasteiger partial charge in [0.15, 0.2) is 0 Å². The maximum atomic E-state index is 13.0. The Morgan fingerprint density at radius 2 is 1.69 bits per heavy atom. The van der Waals surface area contributed by atoms with Gasteiger partial charge in [0.1, 0.15) is 0 Å². The first-order chi connectivity index (χ1) is 15.3. The zero-order valence-corrected chi connectivity index (χ0v) is 19.3. The molecule has 3 amide bonds. The molecule has 0 aromatic heterocycles.